The number of halogens is 1. The highest BCUT2D eigenvalue weighted by Crippen LogP contribution is 2.49. The summed E-state index contributed by atoms with van der Waals surface area (Å²) >= 11 is 1.48. The van der Waals surface area contributed by atoms with Crippen LogP contribution in [0.4, 0.5) is 4.39 Å². The summed E-state index contributed by atoms with van der Waals surface area (Å²) in [6, 6.07) is 7.28. The number of hydrogen-bond donors (Lipinski definition) is 2. The molecule has 1 atom stereocenters. The fourth-order valence-electron chi connectivity index (χ4n) is 4.42. The summed E-state index contributed by atoms with van der Waals surface area (Å²) in [5, 5.41) is 0.954. The van der Waals surface area contributed by atoms with E-state index >= 15 is 0 Å². The first-order chi connectivity index (χ1) is 10.7. The summed E-state index contributed by atoms with van der Waals surface area (Å²) < 4.78 is 14.6. The molecule has 1 aromatic heterocycles. The molecule has 0 unspecified atom stereocenters. The molecule has 5 heteroatoms. The van der Waals surface area contributed by atoms with E-state index in [1.807, 2.05) is 12.1 Å². The molecule has 2 aromatic rings. The summed E-state index contributed by atoms with van der Waals surface area (Å²) in [4.78, 5) is 6.06. The molecule has 3 nitrogen and oxygen atoms in total. The van der Waals surface area contributed by atoms with Crippen LogP contribution in [-0.4, -0.2) is 11.5 Å². The zero-order valence-electron chi connectivity index (χ0n) is 12.2. The average Bonchev–Trinajstić information content (AvgIpc) is 3.14. The predicted octanol–water partition coefficient (Wildman–Crippen LogP) is 3.80. The summed E-state index contributed by atoms with van der Waals surface area (Å²) in [5.41, 5.74) is 6.64. The van der Waals surface area contributed by atoms with Crippen molar-refractivity contribution in [2.24, 2.45) is 16.8 Å². The molecule has 3 fully saturated rings. The monoisotopic (exact) mass is 315 g/mol. The molecule has 0 amide bonds. The van der Waals surface area contributed by atoms with Crippen LogP contribution in [0.5, 0.6) is 0 Å². The van der Waals surface area contributed by atoms with E-state index in [2.05, 4.69) is 10.9 Å². The first-order valence-corrected chi connectivity index (χ1v) is 8.87. The molecule has 6 rings (SSSR count). The number of fused-ring (bicyclic) bond motifs is 3. The van der Waals surface area contributed by atoms with Crippen molar-refractivity contribution in [1.82, 2.24) is 10.9 Å². The van der Waals surface area contributed by atoms with Crippen LogP contribution in [0, 0.1) is 17.7 Å². The van der Waals surface area contributed by atoms with Crippen molar-refractivity contribution in [1.29, 1.82) is 0 Å². The van der Waals surface area contributed by atoms with Gasteiger partial charge in [0, 0.05) is 0 Å². The maximum Gasteiger partial charge on any atom is 0.155 e. The third-order valence-corrected chi connectivity index (χ3v) is 6.73. The molecule has 3 aliphatic carbocycles. The highest BCUT2D eigenvalue weighted by Gasteiger charge is 2.50. The zero-order valence-corrected chi connectivity index (χ0v) is 13.0. The lowest BCUT2D eigenvalue weighted by atomic mass is 9.65. The van der Waals surface area contributed by atoms with Crippen LogP contribution in [-0.2, 0) is 0 Å². The average molecular weight is 315 g/mol. The van der Waals surface area contributed by atoms with Gasteiger partial charge in [-0.25, -0.2) is 14.8 Å². The van der Waals surface area contributed by atoms with Crippen LogP contribution < -0.4 is 10.9 Å². The van der Waals surface area contributed by atoms with Crippen molar-refractivity contribution in [2.75, 3.05) is 0 Å². The van der Waals surface area contributed by atoms with E-state index in [9.17, 15) is 4.39 Å². The highest BCUT2D eigenvalue weighted by molar-refractivity contribution is 7.20. The molecule has 2 heterocycles. The number of benzene rings is 1. The van der Waals surface area contributed by atoms with Gasteiger partial charge in [0.1, 0.15) is 11.5 Å². The van der Waals surface area contributed by atoms with E-state index in [4.69, 9.17) is 4.99 Å². The topological polar surface area (TPSA) is 36.4 Å². The molecule has 1 aliphatic heterocycles. The lowest BCUT2D eigenvalue weighted by Crippen LogP contribution is -2.56. The van der Waals surface area contributed by atoms with Crippen LogP contribution in [0.15, 0.2) is 29.3 Å². The maximum absolute atomic E-state index is 13.9. The molecule has 2 N–H and O–H groups in total. The Hall–Kier alpha value is -1.46. The van der Waals surface area contributed by atoms with E-state index in [0.29, 0.717) is 10.6 Å². The smallest absolute Gasteiger partial charge is 0.155 e. The second-order valence-corrected chi connectivity index (χ2v) is 7.88. The Morgan fingerprint density at radius 1 is 1.23 bits per heavy atom. The predicted molar refractivity (Wildman–Crippen MR) is 87.4 cm³/mol. The van der Waals surface area contributed by atoms with Gasteiger partial charge in [0.2, 0.25) is 0 Å². The van der Waals surface area contributed by atoms with Gasteiger partial charge in [0.15, 0.2) is 5.84 Å². The molecule has 3 saturated carbocycles. The van der Waals surface area contributed by atoms with Crippen LogP contribution >= 0.6 is 11.3 Å². The second kappa shape index (κ2) is 4.52. The molecule has 1 aromatic carbocycles. The minimum Gasteiger partial charge on any atom is -0.303 e. The third-order valence-electron chi connectivity index (χ3n) is 5.56. The first kappa shape index (κ1) is 13.0. The maximum atomic E-state index is 13.9. The fraction of sp³-hybridized carbons (Fsp3) is 0.471. The van der Waals surface area contributed by atoms with E-state index in [1.165, 1.54) is 43.1 Å². The summed E-state index contributed by atoms with van der Waals surface area (Å²) in [7, 11) is 0. The fourth-order valence-corrected chi connectivity index (χ4v) is 5.43. The molecule has 1 spiro atoms. The van der Waals surface area contributed by atoms with Crippen LogP contribution in [0.2, 0.25) is 0 Å². The van der Waals surface area contributed by atoms with Crippen LogP contribution in [0.3, 0.4) is 0 Å². The van der Waals surface area contributed by atoms with Gasteiger partial charge in [-0.05, 0) is 61.5 Å². The molecular formula is C17H18FN3S. The molecule has 22 heavy (non-hydrogen) atoms. The molecule has 114 valence electrons. The Morgan fingerprint density at radius 3 is 2.82 bits per heavy atom. The highest BCUT2D eigenvalue weighted by atomic mass is 32.1. The Kier molecular flexibility index (Phi) is 2.68. The molecule has 2 bridgehead atoms. The molecule has 0 saturated heterocycles. The Bertz CT molecular complexity index is 775. The summed E-state index contributed by atoms with van der Waals surface area (Å²) in [6.45, 7) is 0. The number of hydrogen-bond acceptors (Lipinski definition) is 4. The largest absolute Gasteiger partial charge is 0.303 e. The minimum atomic E-state index is -0.147. The van der Waals surface area contributed by atoms with Gasteiger partial charge >= 0.3 is 0 Å². The number of aliphatic imine (C=N–C) groups is 1. The second-order valence-electron chi connectivity index (χ2n) is 6.83. The van der Waals surface area contributed by atoms with E-state index in [1.54, 1.807) is 6.07 Å². The number of nitrogens with one attached hydrogen (secondary N) is 2. The van der Waals surface area contributed by atoms with Crippen LogP contribution in [0.1, 0.15) is 37.0 Å². The van der Waals surface area contributed by atoms with Gasteiger partial charge in [-0.1, -0.05) is 12.1 Å². The minimum absolute atomic E-state index is 0.120. The van der Waals surface area contributed by atoms with Gasteiger partial charge in [-0.15, -0.1) is 11.3 Å². The van der Waals surface area contributed by atoms with Crippen molar-refractivity contribution < 1.29 is 4.39 Å². The number of rotatable bonds is 1. The molecule has 0 radical (unpaired) electrons. The van der Waals surface area contributed by atoms with E-state index in [0.717, 1.165) is 28.4 Å². The Labute approximate surface area is 132 Å². The summed E-state index contributed by atoms with van der Waals surface area (Å²) in [6.07, 6.45) is 6.39. The van der Waals surface area contributed by atoms with Gasteiger partial charge < -0.3 is 5.43 Å². The standard InChI is InChI=1S/C17H18FN3S/c18-13-3-1-2-11-8-14(22-15(11)13)16-19-17(21-20-16)9-10-4-6-12(17)7-5-10/h1-3,8,10,12,21H,4-7,9H2,(H,19,20)/t10?,12?,17-/m1/s1. The van der Waals surface area contributed by atoms with Crippen molar-refractivity contribution >= 4 is 27.3 Å². The lowest BCUT2D eigenvalue weighted by molar-refractivity contribution is 0.0506. The van der Waals surface area contributed by atoms with Gasteiger partial charge in [-0.2, -0.15) is 0 Å². The SMILES string of the molecule is Fc1cccc2cc(C3=N[C@]4(CC5CCC4CC5)NN3)sc12. The van der Waals surface area contributed by atoms with Gasteiger partial charge in [0.25, 0.3) is 0 Å². The van der Waals surface area contributed by atoms with Crippen LogP contribution in [0.25, 0.3) is 10.1 Å². The Morgan fingerprint density at radius 2 is 2.09 bits per heavy atom. The zero-order chi connectivity index (χ0) is 14.7. The molecule has 4 aliphatic rings. The van der Waals surface area contributed by atoms with E-state index < -0.39 is 0 Å². The summed E-state index contributed by atoms with van der Waals surface area (Å²) in [5.74, 6) is 2.18. The number of hydrazine groups is 1. The first-order valence-electron chi connectivity index (χ1n) is 8.05. The Balaban J connectivity index is 1.55. The number of nitrogens with zero attached hydrogens (tertiary/aromatic N) is 1. The number of thiophene rings is 1. The lowest BCUT2D eigenvalue weighted by Gasteiger charge is -2.47. The number of amidine groups is 1. The van der Waals surface area contributed by atoms with Crippen molar-refractivity contribution in [2.45, 2.75) is 37.8 Å². The quantitative estimate of drug-likeness (QED) is 0.840. The normalized spacial score (nSPS) is 33.4. The molecular weight excluding hydrogens is 297 g/mol. The van der Waals surface area contributed by atoms with Crippen molar-refractivity contribution in [3.8, 4) is 0 Å². The van der Waals surface area contributed by atoms with Gasteiger partial charge in [-0.3, -0.25) is 0 Å². The van der Waals surface area contributed by atoms with Crippen molar-refractivity contribution in [3.05, 3.63) is 35.0 Å². The van der Waals surface area contributed by atoms with Gasteiger partial charge in [0.05, 0.1) is 9.58 Å². The van der Waals surface area contributed by atoms with Crippen molar-refractivity contribution in [3.63, 3.8) is 0 Å². The third kappa shape index (κ3) is 1.78. The van der Waals surface area contributed by atoms with E-state index in [-0.39, 0.29) is 11.5 Å².